The summed E-state index contributed by atoms with van der Waals surface area (Å²) in [5.74, 6) is 0.662. The average molecular weight is 277 g/mol. The van der Waals surface area contributed by atoms with Crippen LogP contribution in [0.5, 0.6) is 0 Å². The SMILES string of the molecule is CCCC(C)COCc1ccccc1CCNC(C)C. The Labute approximate surface area is 124 Å². The lowest BCUT2D eigenvalue weighted by Gasteiger charge is -2.14. The maximum absolute atomic E-state index is 5.88. The molecule has 0 bridgehead atoms. The van der Waals surface area contributed by atoms with Gasteiger partial charge in [0.05, 0.1) is 6.61 Å². The second kappa shape index (κ2) is 9.95. The number of nitrogens with one attached hydrogen (secondary N) is 1. The van der Waals surface area contributed by atoms with Crippen molar-refractivity contribution in [2.24, 2.45) is 5.92 Å². The van der Waals surface area contributed by atoms with Crippen molar-refractivity contribution in [2.45, 2.75) is 59.6 Å². The molecule has 2 nitrogen and oxygen atoms in total. The average Bonchev–Trinajstić information content (AvgIpc) is 2.40. The maximum atomic E-state index is 5.88. The van der Waals surface area contributed by atoms with E-state index in [1.54, 1.807) is 0 Å². The van der Waals surface area contributed by atoms with Crippen molar-refractivity contribution in [3.63, 3.8) is 0 Å². The van der Waals surface area contributed by atoms with Gasteiger partial charge >= 0.3 is 0 Å². The van der Waals surface area contributed by atoms with Crippen LogP contribution in [-0.2, 0) is 17.8 Å². The third kappa shape index (κ3) is 7.06. The Morgan fingerprint density at radius 2 is 1.80 bits per heavy atom. The maximum Gasteiger partial charge on any atom is 0.0719 e. The summed E-state index contributed by atoms with van der Waals surface area (Å²) in [7, 11) is 0. The van der Waals surface area contributed by atoms with E-state index in [9.17, 15) is 0 Å². The van der Waals surface area contributed by atoms with Crippen LogP contribution in [0.25, 0.3) is 0 Å². The highest BCUT2D eigenvalue weighted by atomic mass is 16.5. The molecule has 1 N–H and O–H groups in total. The van der Waals surface area contributed by atoms with E-state index in [0.717, 1.165) is 26.2 Å². The lowest BCUT2D eigenvalue weighted by molar-refractivity contribution is 0.0889. The third-order valence-electron chi connectivity index (χ3n) is 3.51. The Balaban J connectivity index is 2.40. The van der Waals surface area contributed by atoms with Crippen LogP contribution in [0.4, 0.5) is 0 Å². The molecule has 0 aliphatic rings. The van der Waals surface area contributed by atoms with E-state index >= 15 is 0 Å². The predicted molar refractivity (Wildman–Crippen MR) is 87.0 cm³/mol. The van der Waals surface area contributed by atoms with Gasteiger partial charge in [0, 0.05) is 12.6 Å². The number of rotatable bonds is 10. The van der Waals surface area contributed by atoms with Gasteiger partial charge in [-0.1, -0.05) is 58.4 Å². The van der Waals surface area contributed by atoms with Crippen LogP contribution in [0.1, 0.15) is 51.7 Å². The summed E-state index contributed by atoms with van der Waals surface area (Å²) in [4.78, 5) is 0. The van der Waals surface area contributed by atoms with Gasteiger partial charge in [0.1, 0.15) is 0 Å². The van der Waals surface area contributed by atoms with E-state index < -0.39 is 0 Å². The van der Waals surface area contributed by atoms with Crippen LogP contribution in [0.15, 0.2) is 24.3 Å². The standard InChI is InChI=1S/C18H31NO/c1-5-8-16(4)13-20-14-18-10-7-6-9-17(18)11-12-19-15(2)3/h6-7,9-10,15-16,19H,5,8,11-14H2,1-4H3. The summed E-state index contributed by atoms with van der Waals surface area (Å²) >= 11 is 0. The third-order valence-corrected chi connectivity index (χ3v) is 3.51. The molecule has 0 amide bonds. The van der Waals surface area contributed by atoms with Gasteiger partial charge in [0.2, 0.25) is 0 Å². The van der Waals surface area contributed by atoms with Crippen molar-refractivity contribution in [2.75, 3.05) is 13.2 Å². The highest BCUT2D eigenvalue weighted by molar-refractivity contribution is 5.26. The monoisotopic (exact) mass is 277 g/mol. The Kier molecular flexibility index (Phi) is 8.56. The predicted octanol–water partition coefficient (Wildman–Crippen LogP) is 4.18. The molecular weight excluding hydrogens is 246 g/mol. The second-order valence-electron chi connectivity index (χ2n) is 6.04. The molecule has 0 spiro atoms. The van der Waals surface area contributed by atoms with E-state index in [0.29, 0.717) is 12.0 Å². The largest absolute Gasteiger partial charge is 0.376 e. The summed E-state index contributed by atoms with van der Waals surface area (Å²) < 4.78 is 5.88. The first-order valence-corrected chi connectivity index (χ1v) is 8.01. The fraction of sp³-hybridized carbons (Fsp3) is 0.667. The van der Waals surface area contributed by atoms with Gasteiger partial charge in [-0.2, -0.15) is 0 Å². The Morgan fingerprint density at radius 1 is 1.10 bits per heavy atom. The fourth-order valence-electron chi connectivity index (χ4n) is 2.38. The first-order valence-electron chi connectivity index (χ1n) is 8.01. The van der Waals surface area contributed by atoms with Crippen molar-refractivity contribution in [1.82, 2.24) is 5.32 Å². The molecule has 1 aromatic rings. The zero-order valence-corrected chi connectivity index (χ0v) is 13.6. The molecule has 1 rings (SSSR count). The zero-order valence-electron chi connectivity index (χ0n) is 13.6. The first-order chi connectivity index (χ1) is 9.63. The van der Waals surface area contributed by atoms with Gasteiger partial charge in [-0.3, -0.25) is 0 Å². The van der Waals surface area contributed by atoms with Crippen LogP contribution in [0.2, 0.25) is 0 Å². The van der Waals surface area contributed by atoms with E-state index in [1.807, 2.05) is 0 Å². The lowest BCUT2D eigenvalue weighted by atomic mass is 10.0. The van der Waals surface area contributed by atoms with Crippen LogP contribution in [0, 0.1) is 5.92 Å². The molecule has 0 radical (unpaired) electrons. The van der Waals surface area contributed by atoms with Crippen LogP contribution >= 0.6 is 0 Å². The summed E-state index contributed by atoms with van der Waals surface area (Å²) in [5.41, 5.74) is 2.74. The quantitative estimate of drug-likeness (QED) is 0.692. The van der Waals surface area contributed by atoms with Gasteiger partial charge in [0.25, 0.3) is 0 Å². The van der Waals surface area contributed by atoms with Gasteiger partial charge in [0.15, 0.2) is 0 Å². The summed E-state index contributed by atoms with van der Waals surface area (Å²) in [6.07, 6.45) is 3.56. The Hall–Kier alpha value is -0.860. The molecule has 0 saturated heterocycles. The normalized spacial score (nSPS) is 12.8. The molecule has 0 saturated carbocycles. The molecule has 0 heterocycles. The molecule has 0 aliphatic heterocycles. The van der Waals surface area contributed by atoms with E-state index in [-0.39, 0.29) is 0 Å². The second-order valence-corrected chi connectivity index (χ2v) is 6.04. The van der Waals surface area contributed by atoms with Gasteiger partial charge in [-0.15, -0.1) is 0 Å². The molecular formula is C18H31NO. The van der Waals surface area contributed by atoms with Gasteiger partial charge in [-0.25, -0.2) is 0 Å². The Morgan fingerprint density at radius 3 is 2.45 bits per heavy atom. The number of hydrogen-bond acceptors (Lipinski definition) is 2. The lowest BCUT2D eigenvalue weighted by Crippen LogP contribution is -2.25. The minimum atomic E-state index is 0.549. The molecule has 0 fully saturated rings. The number of benzene rings is 1. The minimum absolute atomic E-state index is 0.549. The van der Waals surface area contributed by atoms with Crippen molar-refractivity contribution < 1.29 is 4.74 Å². The summed E-state index contributed by atoms with van der Waals surface area (Å²) in [6, 6.07) is 9.18. The van der Waals surface area contributed by atoms with Crippen molar-refractivity contribution >= 4 is 0 Å². The van der Waals surface area contributed by atoms with Gasteiger partial charge in [-0.05, 0) is 36.4 Å². The fourth-order valence-corrected chi connectivity index (χ4v) is 2.38. The highest BCUT2D eigenvalue weighted by Gasteiger charge is 2.05. The molecule has 1 atom stereocenters. The molecule has 114 valence electrons. The van der Waals surface area contributed by atoms with Crippen LogP contribution in [0.3, 0.4) is 0 Å². The molecule has 0 aliphatic carbocycles. The first kappa shape index (κ1) is 17.2. The summed E-state index contributed by atoms with van der Waals surface area (Å²) in [6.45, 7) is 11.5. The van der Waals surface area contributed by atoms with E-state index in [4.69, 9.17) is 4.74 Å². The molecule has 1 aromatic carbocycles. The van der Waals surface area contributed by atoms with Crippen LogP contribution < -0.4 is 5.32 Å². The number of ether oxygens (including phenoxy) is 1. The molecule has 2 heteroatoms. The van der Waals surface area contributed by atoms with Crippen molar-refractivity contribution in [3.8, 4) is 0 Å². The van der Waals surface area contributed by atoms with Crippen molar-refractivity contribution in [1.29, 1.82) is 0 Å². The van der Waals surface area contributed by atoms with Gasteiger partial charge < -0.3 is 10.1 Å². The Bertz CT molecular complexity index is 362. The highest BCUT2D eigenvalue weighted by Crippen LogP contribution is 2.12. The van der Waals surface area contributed by atoms with E-state index in [1.165, 1.54) is 24.0 Å². The van der Waals surface area contributed by atoms with Crippen LogP contribution in [-0.4, -0.2) is 19.2 Å². The van der Waals surface area contributed by atoms with E-state index in [2.05, 4.69) is 57.3 Å². The molecule has 1 unspecified atom stereocenters. The molecule has 20 heavy (non-hydrogen) atoms. The minimum Gasteiger partial charge on any atom is -0.376 e. The smallest absolute Gasteiger partial charge is 0.0719 e. The topological polar surface area (TPSA) is 21.3 Å². The zero-order chi connectivity index (χ0) is 14.8. The number of hydrogen-bond donors (Lipinski definition) is 1. The summed E-state index contributed by atoms with van der Waals surface area (Å²) in [5, 5.41) is 3.47. The molecule has 0 aromatic heterocycles. The van der Waals surface area contributed by atoms with Crippen molar-refractivity contribution in [3.05, 3.63) is 35.4 Å².